The molecule has 0 bridgehead atoms. The fourth-order valence-electron chi connectivity index (χ4n) is 1.75. The summed E-state index contributed by atoms with van der Waals surface area (Å²) >= 11 is 0. The largest absolute Gasteiger partial charge is 0.493 e. The van der Waals surface area contributed by atoms with Crippen LogP contribution in [-0.4, -0.2) is 30.6 Å². The smallest absolute Gasteiger partial charge is 0.161 e. The molecule has 0 aliphatic rings. The lowest BCUT2D eigenvalue weighted by Gasteiger charge is -2.14. The van der Waals surface area contributed by atoms with E-state index in [9.17, 15) is 0 Å². The van der Waals surface area contributed by atoms with Crippen LogP contribution in [0.2, 0.25) is 0 Å². The van der Waals surface area contributed by atoms with Crippen LogP contribution < -0.4 is 10.5 Å². The molecule has 0 aromatic carbocycles. The van der Waals surface area contributed by atoms with Crippen LogP contribution in [0.1, 0.15) is 31.5 Å². The fraction of sp³-hybridized carbons (Fsp3) is 0.727. The number of methoxy groups -OCH3 is 2. The zero-order valence-electron chi connectivity index (χ0n) is 10.3. The van der Waals surface area contributed by atoms with Crippen LogP contribution in [0, 0.1) is 0 Å². The minimum Gasteiger partial charge on any atom is -0.493 e. The van der Waals surface area contributed by atoms with E-state index in [4.69, 9.17) is 15.2 Å². The van der Waals surface area contributed by atoms with Crippen LogP contribution in [0.5, 0.6) is 5.75 Å². The summed E-state index contributed by atoms with van der Waals surface area (Å²) in [5.74, 6) is 0.770. The van der Waals surface area contributed by atoms with Crippen molar-refractivity contribution in [3.63, 3.8) is 0 Å². The van der Waals surface area contributed by atoms with Gasteiger partial charge in [0.2, 0.25) is 0 Å². The highest BCUT2D eigenvalue weighted by molar-refractivity contribution is 5.28. The number of nitrogens with two attached hydrogens (primary N) is 1. The van der Waals surface area contributed by atoms with Gasteiger partial charge in [0.25, 0.3) is 0 Å². The topological polar surface area (TPSA) is 62.3 Å². The van der Waals surface area contributed by atoms with Crippen molar-refractivity contribution in [2.24, 2.45) is 5.73 Å². The van der Waals surface area contributed by atoms with E-state index in [2.05, 4.69) is 5.10 Å². The zero-order valence-corrected chi connectivity index (χ0v) is 10.3. The van der Waals surface area contributed by atoms with Crippen molar-refractivity contribution < 1.29 is 9.47 Å². The Kier molecular flexibility index (Phi) is 5.28. The molecule has 1 heterocycles. The monoisotopic (exact) mass is 227 g/mol. The van der Waals surface area contributed by atoms with Crippen LogP contribution in [-0.2, 0) is 11.3 Å². The van der Waals surface area contributed by atoms with E-state index in [1.54, 1.807) is 20.4 Å². The van der Waals surface area contributed by atoms with Crippen molar-refractivity contribution in [2.75, 3.05) is 20.8 Å². The lowest BCUT2D eigenvalue weighted by molar-refractivity contribution is 0.190. The van der Waals surface area contributed by atoms with Crippen LogP contribution in [0.15, 0.2) is 6.20 Å². The van der Waals surface area contributed by atoms with E-state index in [0.717, 1.165) is 37.4 Å². The minimum atomic E-state index is -0.0486. The average molecular weight is 227 g/mol. The van der Waals surface area contributed by atoms with Gasteiger partial charge >= 0.3 is 0 Å². The molecule has 0 aliphatic carbocycles. The first-order chi connectivity index (χ1) is 7.74. The van der Waals surface area contributed by atoms with Crippen LogP contribution in [0.4, 0.5) is 0 Å². The minimum absolute atomic E-state index is 0.0486. The SMILES string of the molecule is CCn1ncc(OC)c1C(N)CCCOC. The molecule has 0 saturated carbocycles. The summed E-state index contributed by atoms with van der Waals surface area (Å²) in [6, 6.07) is -0.0486. The van der Waals surface area contributed by atoms with E-state index in [1.165, 1.54) is 0 Å². The summed E-state index contributed by atoms with van der Waals surface area (Å²) in [6.45, 7) is 3.57. The van der Waals surface area contributed by atoms with Crippen molar-refractivity contribution >= 4 is 0 Å². The molecule has 1 rings (SSSR count). The summed E-state index contributed by atoms with van der Waals surface area (Å²) < 4.78 is 12.2. The van der Waals surface area contributed by atoms with Gasteiger partial charge < -0.3 is 15.2 Å². The van der Waals surface area contributed by atoms with Gasteiger partial charge in [0.15, 0.2) is 5.75 Å². The molecule has 2 N–H and O–H groups in total. The molecule has 1 unspecified atom stereocenters. The maximum Gasteiger partial charge on any atom is 0.161 e. The summed E-state index contributed by atoms with van der Waals surface area (Å²) in [6.07, 6.45) is 3.53. The van der Waals surface area contributed by atoms with Gasteiger partial charge in [-0.25, -0.2) is 0 Å². The Balaban J connectivity index is 2.71. The number of hydrogen-bond acceptors (Lipinski definition) is 4. The summed E-state index contributed by atoms with van der Waals surface area (Å²) in [5, 5.41) is 4.24. The van der Waals surface area contributed by atoms with Crippen molar-refractivity contribution in [3.05, 3.63) is 11.9 Å². The number of nitrogens with zero attached hydrogens (tertiary/aromatic N) is 2. The number of hydrogen-bond donors (Lipinski definition) is 1. The average Bonchev–Trinajstić information content (AvgIpc) is 2.71. The molecule has 1 aromatic heterocycles. The molecule has 5 heteroatoms. The van der Waals surface area contributed by atoms with Crippen LogP contribution >= 0.6 is 0 Å². The summed E-state index contributed by atoms with van der Waals surface area (Å²) in [5.41, 5.74) is 7.11. The van der Waals surface area contributed by atoms with Gasteiger partial charge in [0.1, 0.15) is 0 Å². The predicted molar refractivity (Wildman–Crippen MR) is 62.5 cm³/mol. The Hall–Kier alpha value is -1.07. The van der Waals surface area contributed by atoms with Crippen molar-refractivity contribution in [1.29, 1.82) is 0 Å². The Labute approximate surface area is 96.5 Å². The summed E-state index contributed by atoms with van der Waals surface area (Å²) in [4.78, 5) is 0. The van der Waals surface area contributed by atoms with Crippen LogP contribution in [0.25, 0.3) is 0 Å². The Morgan fingerprint density at radius 1 is 1.50 bits per heavy atom. The maximum atomic E-state index is 6.14. The predicted octanol–water partition coefficient (Wildman–Crippen LogP) is 1.34. The molecule has 0 aliphatic heterocycles. The standard InChI is InChI=1S/C11H21N3O2/c1-4-14-11(10(16-3)8-13-14)9(12)6-5-7-15-2/h8-9H,4-7,12H2,1-3H3. The molecule has 1 aromatic rings. The quantitative estimate of drug-likeness (QED) is 0.714. The molecule has 16 heavy (non-hydrogen) atoms. The normalized spacial score (nSPS) is 12.8. The zero-order chi connectivity index (χ0) is 12.0. The fourth-order valence-corrected chi connectivity index (χ4v) is 1.75. The molecular formula is C11H21N3O2. The van der Waals surface area contributed by atoms with Gasteiger partial charge in [-0.05, 0) is 19.8 Å². The first kappa shape index (κ1) is 13.0. The second-order valence-corrected chi connectivity index (χ2v) is 3.66. The summed E-state index contributed by atoms with van der Waals surface area (Å²) in [7, 11) is 3.34. The van der Waals surface area contributed by atoms with Gasteiger partial charge in [-0.2, -0.15) is 5.10 Å². The van der Waals surface area contributed by atoms with Gasteiger partial charge in [0.05, 0.1) is 25.0 Å². The van der Waals surface area contributed by atoms with E-state index >= 15 is 0 Å². The van der Waals surface area contributed by atoms with Crippen molar-refractivity contribution in [1.82, 2.24) is 9.78 Å². The molecule has 5 nitrogen and oxygen atoms in total. The van der Waals surface area contributed by atoms with E-state index in [1.807, 2.05) is 11.6 Å². The molecule has 0 amide bonds. The van der Waals surface area contributed by atoms with Crippen LogP contribution in [0.3, 0.4) is 0 Å². The lowest BCUT2D eigenvalue weighted by Crippen LogP contribution is -2.17. The highest BCUT2D eigenvalue weighted by Crippen LogP contribution is 2.26. The number of ether oxygens (including phenoxy) is 2. The third-order valence-corrected chi connectivity index (χ3v) is 2.58. The first-order valence-electron chi connectivity index (χ1n) is 5.58. The van der Waals surface area contributed by atoms with E-state index in [0.29, 0.717) is 0 Å². The Bertz CT molecular complexity index is 291. The number of aromatic nitrogens is 2. The van der Waals surface area contributed by atoms with Gasteiger partial charge in [-0.3, -0.25) is 4.68 Å². The van der Waals surface area contributed by atoms with Gasteiger partial charge in [0, 0.05) is 20.3 Å². The molecule has 0 fully saturated rings. The van der Waals surface area contributed by atoms with Crippen molar-refractivity contribution in [2.45, 2.75) is 32.4 Å². The first-order valence-corrected chi connectivity index (χ1v) is 5.58. The third kappa shape index (κ3) is 2.96. The third-order valence-electron chi connectivity index (χ3n) is 2.58. The maximum absolute atomic E-state index is 6.14. The molecule has 1 atom stereocenters. The van der Waals surface area contributed by atoms with Gasteiger partial charge in [-0.1, -0.05) is 0 Å². The highest BCUT2D eigenvalue weighted by atomic mass is 16.5. The number of rotatable bonds is 7. The van der Waals surface area contributed by atoms with E-state index < -0.39 is 0 Å². The molecule has 0 spiro atoms. The van der Waals surface area contributed by atoms with Gasteiger partial charge in [-0.15, -0.1) is 0 Å². The van der Waals surface area contributed by atoms with E-state index in [-0.39, 0.29) is 6.04 Å². The van der Waals surface area contributed by atoms with Crippen molar-refractivity contribution in [3.8, 4) is 5.75 Å². The lowest BCUT2D eigenvalue weighted by atomic mass is 10.1. The molecule has 0 saturated heterocycles. The molecular weight excluding hydrogens is 206 g/mol. The Morgan fingerprint density at radius 3 is 2.81 bits per heavy atom. The Morgan fingerprint density at radius 2 is 2.25 bits per heavy atom. The second-order valence-electron chi connectivity index (χ2n) is 3.66. The second kappa shape index (κ2) is 6.50. The molecule has 92 valence electrons. The molecule has 0 radical (unpaired) electrons. The highest BCUT2D eigenvalue weighted by Gasteiger charge is 2.17. The number of aryl methyl sites for hydroxylation is 1.